The number of benzene rings is 1. The van der Waals surface area contributed by atoms with Crippen LogP contribution in [-0.4, -0.2) is 53.3 Å². The Labute approximate surface area is 191 Å². The van der Waals surface area contributed by atoms with Crippen LogP contribution in [0, 0.1) is 6.92 Å². The van der Waals surface area contributed by atoms with E-state index in [9.17, 15) is 0 Å². The van der Waals surface area contributed by atoms with Gasteiger partial charge in [-0.3, -0.25) is 0 Å². The van der Waals surface area contributed by atoms with Crippen LogP contribution in [0.2, 0.25) is 5.02 Å². The Hall–Kier alpha value is -3.10. The highest BCUT2D eigenvalue weighted by Crippen LogP contribution is 2.39. The zero-order valence-corrected chi connectivity index (χ0v) is 19.1. The molecular formula is C23H25ClN6O2. The van der Waals surface area contributed by atoms with Crippen molar-refractivity contribution in [1.29, 1.82) is 0 Å². The minimum Gasteiger partial charge on any atom is -0.423 e. The first-order valence-electron chi connectivity index (χ1n) is 10.6. The average Bonchev–Trinajstić information content (AvgIpc) is 3.35. The highest BCUT2D eigenvalue weighted by atomic mass is 35.5. The first kappa shape index (κ1) is 20.8. The number of hydrogen-bond acceptors (Lipinski definition) is 8. The summed E-state index contributed by atoms with van der Waals surface area (Å²) in [5.41, 5.74) is 4.27. The molecular weight excluding hydrogens is 428 g/mol. The Kier molecular flexibility index (Phi) is 5.48. The molecule has 9 heteroatoms. The minimum atomic E-state index is 0.223. The molecule has 166 valence electrons. The summed E-state index contributed by atoms with van der Waals surface area (Å²) in [7, 11) is 2.12. The largest absolute Gasteiger partial charge is 0.423 e. The van der Waals surface area contributed by atoms with Crippen LogP contribution in [0.4, 0.5) is 17.5 Å². The highest BCUT2D eigenvalue weighted by Gasteiger charge is 2.21. The van der Waals surface area contributed by atoms with Gasteiger partial charge in [-0.15, -0.1) is 0 Å². The third-order valence-electron chi connectivity index (χ3n) is 5.69. The quantitative estimate of drug-likeness (QED) is 0.598. The van der Waals surface area contributed by atoms with Crippen molar-refractivity contribution in [2.24, 2.45) is 0 Å². The summed E-state index contributed by atoms with van der Waals surface area (Å²) in [6.45, 7) is 7.64. The summed E-state index contributed by atoms with van der Waals surface area (Å²) in [6, 6.07) is 7.86. The Bertz CT molecular complexity index is 1180. The SMILES string of the molecule is CC1=Cc2c(ccc(Oc3nc(Nc4cc(C)no4)cc(N4CCN(C)CC4)n3)c2Cl)C1. The molecule has 0 atom stereocenters. The topological polar surface area (TPSA) is 79.5 Å². The fourth-order valence-electron chi connectivity index (χ4n) is 3.97. The van der Waals surface area contributed by atoms with Gasteiger partial charge >= 0.3 is 6.01 Å². The lowest BCUT2D eigenvalue weighted by Crippen LogP contribution is -2.44. The lowest BCUT2D eigenvalue weighted by atomic mass is 10.1. The number of fused-ring (bicyclic) bond motifs is 1. The van der Waals surface area contributed by atoms with Crippen molar-refractivity contribution >= 4 is 35.2 Å². The molecule has 0 bridgehead atoms. The molecule has 0 unspecified atom stereocenters. The number of aromatic nitrogens is 3. The number of nitrogens with one attached hydrogen (secondary N) is 1. The number of anilines is 3. The number of allylic oxidation sites excluding steroid dienone is 1. The molecule has 1 aliphatic heterocycles. The molecule has 8 nitrogen and oxygen atoms in total. The number of aryl methyl sites for hydroxylation is 1. The van der Waals surface area contributed by atoms with Crippen molar-refractivity contribution in [3.05, 3.63) is 51.7 Å². The monoisotopic (exact) mass is 452 g/mol. The standard InChI is InChI=1S/C23H25ClN6O2/c1-14-10-16-4-5-18(22(24)17(16)11-14)31-23-26-19(25-21-12-15(2)28-32-21)13-20(27-23)30-8-6-29(3)7-9-30/h4-5,11-13H,6-10H2,1-3H3,(H,25,26,27). The summed E-state index contributed by atoms with van der Waals surface area (Å²) < 4.78 is 11.4. The second kappa shape index (κ2) is 8.44. The van der Waals surface area contributed by atoms with Gasteiger partial charge in [0, 0.05) is 43.9 Å². The first-order chi connectivity index (χ1) is 15.4. The van der Waals surface area contributed by atoms with E-state index in [1.807, 2.05) is 31.2 Å². The molecule has 2 aromatic heterocycles. The molecule has 3 aromatic rings. The molecule has 32 heavy (non-hydrogen) atoms. The van der Waals surface area contributed by atoms with E-state index in [-0.39, 0.29) is 6.01 Å². The minimum absolute atomic E-state index is 0.223. The normalized spacial score (nSPS) is 16.1. The van der Waals surface area contributed by atoms with E-state index in [1.54, 1.807) is 0 Å². The van der Waals surface area contributed by atoms with Gasteiger partial charge in [-0.25, -0.2) is 0 Å². The average molecular weight is 453 g/mol. The lowest BCUT2D eigenvalue weighted by Gasteiger charge is -2.33. The van der Waals surface area contributed by atoms with Crippen LogP contribution in [0.5, 0.6) is 11.8 Å². The van der Waals surface area contributed by atoms with E-state index in [0.29, 0.717) is 22.5 Å². The molecule has 0 amide bonds. The molecule has 1 N–H and O–H groups in total. The zero-order valence-electron chi connectivity index (χ0n) is 18.4. The van der Waals surface area contributed by atoms with Gasteiger partial charge in [-0.1, -0.05) is 34.5 Å². The van der Waals surface area contributed by atoms with E-state index in [2.05, 4.69) is 50.3 Å². The predicted octanol–water partition coefficient (Wildman–Crippen LogP) is 4.67. The molecule has 1 aromatic carbocycles. The van der Waals surface area contributed by atoms with Crippen LogP contribution in [0.15, 0.2) is 34.4 Å². The summed E-state index contributed by atoms with van der Waals surface area (Å²) >= 11 is 6.67. The Balaban J connectivity index is 1.47. The van der Waals surface area contributed by atoms with E-state index < -0.39 is 0 Å². The molecule has 1 aliphatic carbocycles. The van der Waals surface area contributed by atoms with Crippen LogP contribution in [0.1, 0.15) is 23.7 Å². The predicted molar refractivity (Wildman–Crippen MR) is 125 cm³/mol. The van der Waals surface area contributed by atoms with Crippen molar-refractivity contribution in [3.63, 3.8) is 0 Å². The second-order valence-corrected chi connectivity index (χ2v) is 8.74. The number of hydrogen-bond donors (Lipinski definition) is 1. The fraction of sp³-hybridized carbons (Fsp3) is 0.348. The summed E-state index contributed by atoms with van der Waals surface area (Å²) in [6.07, 6.45) is 3.01. The number of piperazine rings is 1. The maximum absolute atomic E-state index is 6.67. The van der Waals surface area contributed by atoms with Crippen LogP contribution < -0.4 is 15.0 Å². The van der Waals surface area contributed by atoms with Crippen molar-refractivity contribution in [2.75, 3.05) is 43.4 Å². The molecule has 2 aliphatic rings. The van der Waals surface area contributed by atoms with Gasteiger partial charge in [0.1, 0.15) is 17.4 Å². The molecule has 0 spiro atoms. The first-order valence-corrected chi connectivity index (χ1v) is 11.0. The van der Waals surface area contributed by atoms with Crippen molar-refractivity contribution < 1.29 is 9.26 Å². The molecule has 5 rings (SSSR count). The Morgan fingerprint density at radius 3 is 2.66 bits per heavy atom. The number of nitrogens with zero attached hydrogens (tertiary/aromatic N) is 5. The maximum Gasteiger partial charge on any atom is 0.325 e. The molecule has 1 saturated heterocycles. The maximum atomic E-state index is 6.67. The summed E-state index contributed by atoms with van der Waals surface area (Å²) in [5.74, 6) is 2.39. The Morgan fingerprint density at radius 2 is 1.91 bits per heavy atom. The fourth-order valence-corrected chi connectivity index (χ4v) is 4.24. The smallest absolute Gasteiger partial charge is 0.325 e. The van der Waals surface area contributed by atoms with Crippen LogP contribution >= 0.6 is 11.6 Å². The van der Waals surface area contributed by atoms with Crippen LogP contribution in [-0.2, 0) is 6.42 Å². The lowest BCUT2D eigenvalue weighted by molar-refractivity contribution is 0.311. The van der Waals surface area contributed by atoms with E-state index in [1.165, 1.54) is 11.1 Å². The molecule has 0 radical (unpaired) electrons. The third kappa shape index (κ3) is 4.28. The Morgan fingerprint density at radius 1 is 1.09 bits per heavy atom. The second-order valence-electron chi connectivity index (χ2n) is 8.36. The van der Waals surface area contributed by atoms with E-state index in [0.717, 1.165) is 49.7 Å². The van der Waals surface area contributed by atoms with Crippen LogP contribution in [0.25, 0.3) is 6.08 Å². The van der Waals surface area contributed by atoms with E-state index in [4.69, 9.17) is 20.9 Å². The van der Waals surface area contributed by atoms with Gasteiger partial charge in [-0.2, -0.15) is 9.97 Å². The number of rotatable bonds is 5. The number of ether oxygens (including phenoxy) is 1. The van der Waals surface area contributed by atoms with Gasteiger partial charge in [0.15, 0.2) is 0 Å². The van der Waals surface area contributed by atoms with Gasteiger partial charge in [0.05, 0.1) is 10.7 Å². The summed E-state index contributed by atoms with van der Waals surface area (Å²) in [4.78, 5) is 13.8. The van der Waals surface area contributed by atoms with Crippen molar-refractivity contribution in [2.45, 2.75) is 20.3 Å². The molecule has 3 heterocycles. The van der Waals surface area contributed by atoms with E-state index >= 15 is 0 Å². The summed E-state index contributed by atoms with van der Waals surface area (Å²) in [5, 5.41) is 7.66. The van der Waals surface area contributed by atoms with Crippen molar-refractivity contribution in [3.8, 4) is 11.8 Å². The van der Waals surface area contributed by atoms with Gasteiger partial charge in [-0.05, 0) is 38.9 Å². The van der Waals surface area contributed by atoms with Gasteiger partial charge in [0.2, 0.25) is 5.88 Å². The van der Waals surface area contributed by atoms with Crippen molar-refractivity contribution in [1.82, 2.24) is 20.0 Å². The number of likely N-dealkylation sites (N-methyl/N-ethyl adjacent to an activating group) is 1. The van der Waals surface area contributed by atoms with Gasteiger partial charge in [0.25, 0.3) is 0 Å². The van der Waals surface area contributed by atoms with Crippen LogP contribution in [0.3, 0.4) is 0 Å². The highest BCUT2D eigenvalue weighted by molar-refractivity contribution is 6.33. The molecule has 1 fully saturated rings. The zero-order chi connectivity index (χ0) is 22.2. The number of halogens is 1. The van der Waals surface area contributed by atoms with Gasteiger partial charge < -0.3 is 24.4 Å². The molecule has 0 saturated carbocycles. The third-order valence-corrected chi connectivity index (χ3v) is 6.08.